The maximum atomic E-state index is 3.53. The maximum absolute atomic E-state index is 3.53. The van der Waals surface area contributed by atoms with Crippen molar-refractivity contribution in [3.63, 3.8) is 0 Å². The Balaban J connectivity index is 1.97. The Morgan fingerprint density at radius 3 is 2.69 bits per heavy atom. The summed E-state index contributed by atoms with van der Waals surface area (Å²) in [5, 5.41) is 3.53. The predicted molar refractivity (Wildman–Crippen MR) is 63.5 cm³/mol. The molecule has 1 fully saturated rings. The molecular weight excluding hydrogens is 246 g/mol. The van der Waals surface area contributed by atoms with Gasteiger partial charge in [0.05, 0.1) is 0 Å². The van der Waals surface area contributed by atoms with Gasteiger partial charge in [0, 0.05) is 22.0 Å². The van der Waals surface area contributed by atoms with Crippen LogP contribution in [0.3, 0.4) is 0 Å². The first-order valence-electron chi connectivity index (χ1n) is 4.44. The molecule has 1 aromatic rings. The molecule has 0 spiro atoms. The van der Waals surface area contributed by atoms with Crippen molar-refractivity contribution < 1.29 is 0 Å². The van der Waals surface area contributed by atoms with Crippen molar-refractivity contribution in [1.82, 2.24) is 0 Å². The lowest BCUT2D eigenvalue weighted by Gasteiger charge is -2.12. The van der Waals surface area contributed by atoms with Gasteiger partial charge in [0.25, 0.3) is 0 Å². The molecule has 0 bridgehead atoms. The third-order valence-electron chi connectivity index (χ3n) is 2.14. The Morgan fingerprint density at radius 1 is 1.31 bits per heavy atom. The SMILES string of the molecule is Brc1ccc(N[C@@H]2CCSC2)cc1. The molecule has 70 valence electrons. The van der Waals surface area contributed by atoms with Crippen LogP contribution in [-0.2, 0) is 0 Å². The van der Waals surface area contributed by atoms with Gasteiger partial charge < -0.3 is 5.32 Å². The van der Waals surface area contributed by atoms with E-state index in [4.69, 9.17) is 0 Å². The Morgan fingerprint density at radius 2 is 2.08 bits per heavy atom. The van der Waals surface area contributed by atoms with Crippen molar-refractivity contribution in [2.24, 2.45) is 0 Å². The second-order valence-corrected chi connectivity index (χ2v) is 5.28. The second-order valence-electron chi connectivity index (χ2n) is 3.21. The summed E-state index contributed by atoms with van der Waals surface area (Å²) < 4.78 is 1.14. The molecule has 1 nitrogen and oxygen atoms in total. The molecule has 1 saturated heterocycles. The number of halogens is 1. The molecule has 0 radical (unpaired) electrons. The van der Waals surface area contributed by atoms with Crippen molar-refractivity contribution in [1.29, 1.82) is 0 Å². The minimum Gasteiger partial charge on any atom is -0.381 e. The van der Waals surface area contributed by atoms with Gasteiger partial charge in [-0.2, -0.15) is 11.8 Å². The number of rotatable bonds is 2. The number of hydrogen-bond acceptors (Lipinski definition) is 2. The van der Waals surface area contributed by atoms with Crippen LogP contribution in [0, 0.1) is 0 Å². The Bertz CT molecular complexity index is 267. The van der Waals surface area contributed by atoms with Crippen molar-refractivity contribution in [3.05, 3.63) is 28.7 Å². The molecule has 0 amide bonds. The quantitative estimate of drug-likeness (QED) is 0.872. The molecular formula is C10H12BrNS. The number of nitrogens with one attached hydrogen (secondary N) is 1. The molecule has 1 heterocycles. The highest BCUT2D eigenvalue weighted by atomic mass is 79.9. The summed E-state index contributed by atoms with van der Waals surface area (Å²) in [5.41, 5.74) is 1.23. The van der Waals surface area contributed by atoms with Gasteiger partial charge in [-0.05, 0) is 36.4 Å². The van der Waals surface area contributed by atoms with Crippen LogP contribution in [0.5, 0.6) is 0 Å². The van der Waals surface area contributed by atoms with Crippen LogP contribution in [0.1, 0.15) is 6.42 Å². The minimum absolute atomic E-state index is 0.672. The lowest BCUT2D eigenvalue weighted by atomic mass is 10.2. The molecule has 1 N–H and O–H groups in total. The van der Waals surface area contributed by atoms with Crippen LogP contribution < -0.4 is 5.32 Å². The average Bonchev–Trinajstić information content (AvgIpc) is 2.62. The fourth-order valence-corrected chi connectivity index (χ4v) is 2.85. The zero-order chi connectivity index (χ0) is 9.10. The zero-order valence-electron chi connectivity index (χ0n) is 7.29. The normalized spacial score (nSPS) is 21.8. The highest BCUT2D eigenvalue weighted by molar-refractivity contribution is 9.10. The number of anilines is 1. The first kappa shape index (κ1) is 9.41. The van der Waals surface area contributed by atoms with Crippen LogP contribution in [0.4, 0.5) is 5.69 Å². The van der Waals surface area contributed by atoms with Gasteiger partial charge in [0.15, 0.2) is 0 Å². The topological polar surface area (TPSA) is 12.0 Å². The van der Waals surface area contributed by atoms with Crippen LogP contribution in [0.2, 0.25) is 0 Å². The van der Waals surface area contributed by atoms with Crippen molar-refractivity contribution >= 4 is 33.4 Å². The summed E-state index contributed by atoms with van der Waals surface area (Å²) in [4.78, 5) is 0. The first-order valence-corrected chi connectivity index (χ1v) is 6.39. The van der Waals surface area contributed by atoms with Crippen molar-refractivity contribution in [3.8, 4) is 0 Å². The van der Waals surface area contributed by atoms with Crippen LogP contribution in [0.15, 0.2) is 28.7 Å². The molecule has 0 aromatic heterocycles. The molecule has 0 unspecified atom stereocenters. The Labute approximate surface area is 91.4 Å². The van der Waals surface area contributed by atoms with E-state index in [1.165, 1.54) is 23.6 Å². The minimum atomic E-state index is 0.672. The smallest absolute Gasteiger partial charge is 0.0359 e. The summed E-state index contributed by atoms with van der Waals surface area (Å²) >= 11 is 5.46. The molecule has 3 heteroatoms. The van der Waals surface area contributed by atoms with Gasteiger partial charge >= 0.3 is 0 Å². The predicted octanol–water partition coefficient (Wildman–Crippen LogP) is 3.37. The molecule has 1 atom stereocenters. The summed E-state index contributed by atoms with van der Waals surface area (Å²) in [5.74, 6) is 2.55. The monoisotopic (exact) mass is 257 g/mol. The third-order valence-corrected chi connectivity index (χ3v) is 3.84. The second kappa shape index (κ2) is 4.38. The van der Waals surface area contributed by atoms with E-state index in [0.29, 0.717) is 6.04 Å². The van der Waals surface area contributed by atoms with E-state index < -0.39 is 0 Å². The molecule has 1 aromatic carbocycles. The highest BCUT2D eigenvalue weighted by Gasteiger charge is 2.14. The molecule has 1 aliphatic rings. The summed E-state index contributed by atoms with van der Waals surface area (Å²) in [6, 6.07) is 9.06. The largest absolute Gasteiger partial charge is 0.381 e. The van der Waals surface area contributed by atoms with Crippen LogP contribution >= 0.6 is 27.7 Å². The van der Waals surface area contributed by atoms with Gasteiger partial charge in [-0.1, -0.05) is 15.9 Å². The third kappa shape index (κ3) is 2.64. The molecule has 0 aliphatic carbocycles. The molecule has 13 heavy (non-hydrogen) atoms. The summed E-state index contributed by atoms with van der Waals surface area (Å²) in [6.07, 6.45) is 1.29. The average molecular weight is 258 g/mol. The van der Waals surface area contributed by atoms with Gasteiger partial charge in [-0.15, -0.1) is 0 Å². The van der Waals surface area contributed by atoms with Crippen molar-refractivity contribution in [2.45, 2.75) is 12.5 Å². The lowest BCUT2D eigenvalue weighted by molar-refractivity contribution is 0.813. The summed E-state index contributed by atoms with van der Waals surface area (Å²) in [6.45, 7) is 0. The summed E-state index contributed by atoms with van der Waals surface area (Å²) in [7, 11) is 0. The number of hydrogen-bond donors (Lipinski definition) is 1. The van der Waals surface area contributed by atoms with Gasteiger partial charge in [-0.3, -0.25) is 0 Å². The number of thioether (sulfide) groups is 1. The highest BCUT2D eigenvalue weighted by Crippen LogP contribution is 2.22. The molecule has 0 saturated carbocycles. The first-order chi connectivity index (χ1) is 6.34. The Hall–Kier alpha value is -0.150. The van der Waals surface area contributed by atoms with Crippen molar-refractivity contribution in [2.75, 3.05) is 16.8 Å². The fraction of sp³-hybridized carbons (Fsp3) is 0.400. The van der Waals surface area contributed by atoms with Gasteiger partial charge in [0.2, 0.25) is 0 Å². The standard InChI is InChI=1S/C10H12BrNS/c11-8-1-3-9(4-2-8)12-10-5-6-13-7-10/h1-4,10,12H,5-7H2/t10-/m1/s1. The lowest BCUT2D eigenvalue weighted by Crippen LogP contribution is -2.17. The van der Waals surface area contributed by atoms with E-state index in [2.05, 4.69) is 45.5 Å². The van der Waals surface area contributed by atoms with Gasteiger partial charge in [0.1, 0.15) is 0 Å². The van der Waals surface area contributed by atoms with E-state index in [9.17, 15) is 0 Å². The maximum Gasteiger partial charge on any atom is 0.0359 e. The van der Waals surface area contributed by atoms with E-state index in [-0.39, 0.29) is 0 Å². The molecule has 2 rings (SSSR count). The fourth-order valence-electron chi connectivity index (χ4n) is 1.43. The van der Waals surface area contributed by atoms with Crippen LogP contribution in [-0.4, -0.2) is 17.5 Å². The van der Waals surface area contributed by atoms with E-state index in [0.717, 1.165) is 4.47 Å². The Kier molecular flexibility index (Phi) is 3.17. The van der Waals surface area contributed by atoms with E-state index in [1.807, 2.05) is 11.8 Å². The molecule has 1 aliphatic heterocycles. The number of benzene rings is 1. The zero-order valence-corrected chi connectivity index (χ0v) is 9.70. The van der Waals surface area contributed by atoms with Gasteiger partial charge in [-0.25, -0.2) is 0 Å². The van der Waals surface area contributed by atoms with E-state index in [1.54, 1.807) is 0 Å². The van der Waals surface area contributed by atoms with E-state index >= 15 is 0 Å². The van der Waals surface area contributed by atoms with Crippen LogP contribution in [0.25, 0.3) is 0 Å².